The van der Waals surface area contributed by atoms with Crippen LogP contribution in [0.4, 0.5) is 0 Å². The minimum Gasteiger partial charge on any atom is -0.396 e. The molecule has 0 bridgehead atoms. The summed E-state index contributed by atoms with van der Waals surface area (Å²) in [5, 5.41) is 9.06. The van der Waals surface area contributed by atoms with Crippen molar-refractivity contribution in [2.24, 2.45) is 0 Å². The fraction of sp³-hybridized carbons (Fsp3) is 0.857. The Labute approximate surface area is 107 Å². The summed E-state index contributed by atoms with van der Waals surface area (Å²) in [6.07, 6.45) is 4.74. The van der Waals surface area contributed by atoms with Gasteiger partial charge in [-0.1, -0.05) is 32.0 Å². The summed E-state index contributed by atoms with van der Waals surface area (Å²) in [6, 6.07) is 1.67. The van der Waals surface area contributed by atoms with Gasteiger partial charge >= 0.3 is 0 Å². The number of aliphatic hydroxyl groups is 1. The second-order valence-electron chi connectivity index (χ2n) is 6.22. The molecule has 1 aliphatic heterocycles. The Hall–Kier alpha value is -0.303. The fourth-order valence-electron chi connectivity index (χ4n) is 2.23. The third kappa shape index (κ3) is 6.26. The van der Waals surface area contributed by atoms with Crippen molar-refractivity contribution >= 4 is 8.07 Å². The highest BCUT2D eigenvalue weighted by Crippen LogP contribution is 2.18. The molecule has 1 N–H and O–H groups in total. The average Bonchev–Trinajstić information content (AvgIpc) is 2.25. The zero-order chi connectivity index (χ0) is 12.7. The van der Waals surface area contributed by atoms with Crippen molar-refractivity contribution in [1.82, 2.24) is 4.90 Å². The smallest absolute Gasteiger partial charge is 0.0603 e. The van der Waals surface area contributed by atoms with Crippen LogP contribution in [0.25, 0.3) is 0 Å². The minimum absolute atomic E-state index is 0.309. The molecule has 0 radical (unpaired) electrons. The third-order valence-corrected chi connectivity index (χ3v) is 4.47. The van der Waals surface area contributed by atoms with E-state index in [1.807, 2.05) is 0 Å². The lowest BCUT2D eigenvalue weighted by Gasteiger charge is -2.34. The number of hydrogen-bond donors (Lipinski definition) is 1. The molecule has 2 nitrogen and oxygen atoms in total. The first kappa shape index (κ1) is 14.8. The molecule has 0 saturated carbocycles. The van der Waals surface area contributed by atoms with E-state index in [-0.39, 0.29) is 0 Å². The highest BCUT2D eigenvalue weighted by atomic mass is 28.3. The predicted molar refractivity (Wildman–Crippen MR) is 76.8 cm³/mol. The molecule has 1 atom stereocenters. The van der Waals surface area contributed by atoms with E-state index >= 15 is 0 Å². The molecular formula is C14H27NOSi. The van der Waals surface area contributed by atoms with Gasteiger partial charge in [-0.2, -0.15) is 0 Å². The molecule has 0 spiro atoms. The molecular weight excluding hydrogens is 226 g/mol. The maximum Gasteiger partial charge on any atom is 0.0603 e. The Morgan fingerprint density at radius 3 is 2.65 bits per heavy atom. The van der Waals surface area contributed by atoms with Gasteiger partial charge in [-0.25, -0.2) is 0 Å². The van der Waals surface area contributed by atoms with Crippen LogP contribution >= 0.6 is 0 Å². The van der Waals surface area contributed by atoms with E-state index in [4.69, 9.17) is 5.11 Å². The monoisotopic (exact) mass is 253 g/mol. The largest absolute Gasteiger partial charge is 0.396 e. The van der Waals surface area contributed by atoms with Crippen molar-refractivity contribution in [3.05, 3.63) is 0 Å². The maximum absolute atomic E-state index is 9.06. The quantitative estimate of drug-likeness (QED) is 0.615. The molecule has 0 aromatic heterocycles. The first-order valence-corrected chi connectivity index (χ1v) is 10.5. The Morgan fingerprint density at radius 1 is 1.24 bits per heavy atom. The summed E-state index contributed by atoms with van der Waals surface area (Å²) >= 11 is 0. The molecule has 0 aliphatic carbocycles. The molecule has 1 heterocycles. The van der Waals surface area contributed by atoms with E-state index in [0.29, 0.717) is 12.6 Å². The number of aliphatic hydroxyl groups excluding tert-OH is 1. The van der Waals surface area contributed by atoms with Gasteiger partial charge in [0.25, 0.3) is 0 Å². The second kappa shape index (κ2) is 7.20. The summed E-state index contributed by atoms with van der Waals surface area (Å²) in [5.41, 5.74) is 0. The lowest BCUT2D eigenvalue weighted by Crippen LogP contribution is -2.40. The third-order valence-electron chi connectivity index (χ3n) is 3.24. The molecule has 98 valence electrons. The number of likely N-dealkylation sites (tertiary alicyclic amines) is 1. The topological polar surface area (TPSA) is 23.5 Å². The lowest BCUT2D eigenvalue weighted by atomic mass is 10.00. The van der Waals surface area contributed by atoms with E-state index in [2.05, 4.69) is 36.4 Å². The summed E-state index contributed by atoms with van der Waals surface area (Å²) in [7, 11) is -1.01. The van der Waals surface area contributed by atoms with Crippen molar-refractivity contribution in [1.29, 1.82) is 0 Å². The van der Waals surface area contributed by atoms with Crippen LogP contribution in [0.15, 0.2) is 0 Å². The van der Waals surface area contributed by atoms with Gasteiger partial charge in [-0.05, 0) is 25.8 Å². The molecule has 1 aliphatic rings. The molecule has 0 aromatic rings. The first-order chi connectivity index (χ1) is 8.03. The lowest BCUT2D eigenvalue weighted by molar-refractivity contribution is 0.134. The molecule has 0 amide bonds. The minimum atomic E-state index is -1.01. The van der Waals surface area contributed by atoms with Gasteiger partial charge < -0.3 is 5.11 Å². The van der Waals surface area contributed by atoms with Gasteiger partial charge in [0.05, 0.1) is 14.6 Å². The van der Waals surface area contributed by atoms with Gasteiger partial charge in [0.2, 0.25) is 0 Å². The Bertz CT molecular complexity index is 272. The summed E-state index contributed by atoms with van der Waals surface area (Å²) < 4.78 is 0. The molecule has 3 heteroatoms. The van der Waals surface area contributed by atoms with Gasteiger partial charge in [0, 0.05) is 18.7 Å². The second-order valence-corrected chi connectivity index (χ2v) is 11.7. The van der Waals surface area contributed by atoms with Crippen LogP contribution in [0.3, 0.4) is 0 Å². The zero-order valence-corrected chi connectivity index (χ0v) is 12.6. The molecule has 17 heavy (non-hydrogen) atoms. The van der Waals surface area contributed by atoms with Crippen LogP contribution in [0, 0.1) is 11.8 Å². The van der Waals surface area contributed by atoms with Gasteiger partial charge in [-0.3, -0.25) is 4.90 Å². The Kier molecular flexibility index (Phi) is 6.25. The summed E-state index contributed by atoms with van der Waals surface area (Å²) in [4.78, 5) is 2.46. The van der Waals surface area contributed by atoms with Crippen molar-refractivity contribution in [2.75, 3.05) is 19.7 Å². The number of nitrogens with zero attached hydrogens (tertiary/aromatic N) is 1. The van der Waals surface area contributed by atoms with E-state index in [1.165, 1.54) is 19.3 Å². The van der Waals surface area contributed by atoms with Crippen molar-refractivity contribution < 1.29 is 5.11 Å². The molecule has 0 aromatic carbocycles. The predicted octanol–water partition coefficient (Wildman–Crippen LogP) is 2.56. The Balaban J connectivity index is 2.37. The molecule has 1 rings (SSSR count). The van der Waals surface area contributed by atoms with E-state index in [0.717, 1.165) is 25.6 Å². The standard InChI is InChI=1S/C14H27NOSi/c1-17(2,3)13-7-6-11-15-10-5-4-8-14(15)9-12-16/h14,16H,4-5,8-13H2,1-3H3. The van der Waals surface area contributed by atoms with Crippen LogP contribution in [0.2, 0.25) is 25.7 Å². The van der Waals surface area contributed by atoms with Gasteiger partial charge in [0.1, 0.15) is 0 Å². The van der Waals surface area contributed by atoms with Crippen molar-refractivity contribution in [2.45, 2.75) is 57.4 Å². The van der Waals surface area contributed by atoms with E-state index < -0.39 is 8.07 Å². The zero-order valence-electron chi connectivity index (χ0n) is 11.6. The Morgan fingerprint density at radius 2 is 2.00 bits per heavy atom. The highest BCUT2D eigenvalue weighted by Gasteiger charge is 2.20. The van der Waals surface area contributed by atoms with Crippen molar-refractivity contribution in [3.63, 3.8) is 0 Å². The number of piperidine rings is 1. The SMILES string of the molecule is C[Si](C)(C)CC#CCN1CCCCC1CCO. The normalized spacial score (nSPS) is 22.0. The first-order valence-electron chi connectivity index (χ1n) is 6.83. The fourth-order valence-corrected chi connectivity index (χ4v) is 2.88. The molecule has 1 saturated heterocycles. The number of rotatable bonds is 4. The van der Waals surface area contributed by atoms with E-state index in [1.54, 1.807) is 0 Å². The van der Waals surface area contributed by atoms with Crippen LogP contribution in [-0.4, -0.2) is 43.8 Å². The average molecular weight is 253 g/mol. The summed E-state index contributed by atoms with van der Waals surface area (Å²) in [5.74, 6) is 6.67. The number of hydrogen-bond acceptors (Lipinski definition) is 2. The molecule has 1 fully saturated rings. The summed E-state index contributed by atoms with van der Waals surface area (Å²) in [6.45, 7) is 9.44. The van der Waals surface area contributed by atoms with Gasteiger partial charge in [0.15, 0.2) is 0 Å². The molecule has 1 unspecified atom stereocenters. The van der Waals surface area contributed by atoms with Crippen LogP contribution < -0.4 is 0 Å². The highest BCUT2D eigenvalue weighted by molar-refractivity contribution is 6.76. The van der Waals surface area contributed by atoms with Crippen molar-refractivity contribution in [3.8, 4) is 11.8 Å². The van der Waals surface area contributed by atoms with Crippen LogP contribution in [0.1, 0.15) is 25.7 Å². The van der Waals surface area contributed by atoms with Crippen LogP contribution in [-0.2, 0) is 0 Å². The van der Waals surface area contributed by atoms with Gasteiger partial charge in [-0.15, -0.1) is 5.92 Å². The van der Waals surface area contributed by atoms with Crippen LogP contribution in [0.5, 0.6) is 0 Å². The van der Waals surface area contributed by atoms with E-state index in [9.17, 15) is 0 Å². The maximum atomic E-state index is 9.06.